The van der Waals surface area contributed by atoms with Crippen LogP contribution in [0.25, 0.3) is 6.08 Å². The van der Waals surface area contributed by atoms with Crippen LogP contribution in [0.3, 0.4) is 0 Å². The first-order chi connectivity index (χ1) is 8.92. The SMILES string of the molecule is COC(=O)[C@](C)(C(C)=O)[C@H](C)/C=C/c1ccccc1. The van der Waals surface area contributed by atoms with Gasteiger partial charge in [0, 0.05) is 0 Å². The van der Waals surface area contributed by atoms with Crippen LogP contribution < -0.4 is 0 Å². The Hall–Kier alpha value is -1.90. The summed E-state index contributed by atoms with van der Waals surface area (Å²) < 4.78 is 4.76. The van der Waals surface area contributed by atoms with Crippen LogP contribution in [0.4, 0.5) is 0 Å². The van der Waals surface area contributed by atoms with E-state index in [4.69, 9.17) is 4.74 Å². The number of hydrogen-bond acceptors (Lipinski definition) is 3. The molecule has 0 aliphatic rings. The van der Waals surface area contributed by atoms with Crippen LogP contribution in [-0.2, 0) is 14.3 Å². The van der Waals surface area contributed by atoms with Crippen LogP contribution >= 0.6 is 0 Å². The van der Waals surface area contributed by atoms with Crippen LogP contribution in [-0.4, -0.2) is 18.9 Å². The number of ketones is 1. The summed E-state index contributed by atoms with van der Waals surface area (Å²) >= 11 is 0. The van der Waals surface area contributed by atoms with E-state index in [9.17, 15) is 9.59 Å². The van der Waals surface area contributed by atoms with Crippen LogP contribution in [0.1, 0.15) is 26.3 Å². The molecule has 2 atom stereocenters. The third-order valence-electron chi connectivity index (χ3n) is 3.63. The smallest absolute Gasteiger partial charge is 0.319 e. The van der Waals surface area contributed by atoms with Crippen LogP contribution in [0.2, 0.25) is 0 Å². The first kappa shape index (κ1) is 15.2. The fourth-order valence-corrected chi connectivity index (χ4v) is 1.87. The van der Waals surface area contributed by atoms with E-state index in [1.165, 1.54) is 14.0 Å². The molecule has 0 aromatic heterocycles. The Labute approximate surface area is 114 Å². The van der Waals surface area contributed by atoms with E-state index < -0.39 is 11.4 Å². The van der Waals surface area contributed by atoms with Gasteiger partial charge in [0.1, 0.15) is 11.2 Å². The zero-order chi connectivity index (χ0) is 14.5. The number of rotatable bonds is 5. The maximum absolute atomic E-state index is 11.9. The highest BCUT2D eigenvalue weighted by molar-refractivity contribution is 6.02. The lowest BCUT2D eigenvalue weighted by Gasteiger charge is -2.28. The minimum atomic E-state index is -1.14. The third kappa shape index (κ3) is 3.31. The standard InChI is InChI=1S/C16H20O3/c1-12(10-11-14-8-6-5-7-9-14)16(3,13(2)17)15(18)19-4/h5-12H,1-4H3/b11-10+/t12-,16+/m1/s1. The van der Waals surface area contributed by atoms with E-state index in [2.05, 4.69) is 0 Å². The fourth-order valence-electron chi connectivity index (χ4n) is 1.87. The number of hydrogen-bond donors (Lipinski definition) is 0. The molecule has 0 unspecified atom stereocenters. The molecule has 0 saturated carbocycles. The average Bonchev–Trinajstić information content (AvgIpc) is 2.43. The highest BCUT2D eigenvalue weighted by Crippen LogP contribution is 2.31. The second-order valence-corrected chi connectivity index (χ2v) is 4.81. The molecule has 0 spiro atoms. The first-order valence-corrected chi connectivity index (χ1v) is 6.25. The van der Waals surface area contributed by atoms with Gasteiger partial charge in [-0.25, -0.2) is 0 Å². The summed E-state index contributed by atoms with van der Waals surface area (Å²) in [4.78, 5) is 23.6. The zero-order valence-electron chi connectivity index (χ0n) is 11.8. The molecule has 0 aliphatic heterocycles. The number of allylic oxidation sites excluding steroid dienone is 1. The molecule has 3 nitrogen and oxygen atoms in total. The Kier molecular flexibility index (Phi) is 5.04. The van der Waals surface area contributed by atoms with Gasteiger partial charge in [-0.15, -0.1) is 0 Å². The van der Waals surface area contributed by atoms with Crippen molar-refractivity contribution in [1.82, 2.24) is 0 Å². The molecule has 0 N–H and O–H groups in total. The number of esters is 1. The Morgan fingerprint density at radius 3 is 2.32 bits per heavy atom. The summed E-state index contributed by atoms with van der Waals surface area (Å²) in [6, 6.07) is 9.75. The largest absolute Gasteiger partial charge is 0.468 e. The summed E-state index contributed by atoms with van der Waals surface area (Å²) in [6.45, 7) is 4.89. The van der Waals surface area contributed by atoms with Crippen molar-refractivity contribution in [2.24, 2.45) is 11.3 Å². The maximum atomic E-state index is 11.9. The van der Waals surface area contributed by atoms with Gasteiger partial charge in [-0.1, -0.05) is 49.4 Å². The van der Waals surface area contributed by atoms with Crippen LogP contribution in [0, 0.1) is 11.3 Å². The number of carbonyl (C=O) groups excluding carboxylic acids is 2. The molecular formula is C16H20O3. The van der Waals surface area contributed by atoms with Gasteiger partial charge in [-0.2, -0.15) is 0 Å². The van der Waals surface area contributed by atoms with Gasteiger partial charge < -0.3 is 4.74 Å². The summed E-state index contributed by atoms with van der Waals surface area (Å²) in [5.41, 5.74) is -0.106. The van der Waals surface area contributed by atoms with Crippen LogP contribution in [0.5, 0.6) is 0 Å². The van der Waals surface area contributed by atoms with Gasteiger partial charge in [0.25, 0.3) is 0 Å². The first-order valence-electron chi connectivity index (χ1n) is 6.25. The highest BCUT2D eigenvalue weighted by atomic mass is 16.5. The van der Waals surface area contributed by atoms with E-state index in [0.717, 1.165) is 5.56 Å². The molecule has 0 bridgehead atoms. The molecule has 1 rings (SSSR count). The summed E-state index contributed by atoms with van der Waals surface area (Å²) in [5.74, 6) is -0.924. The number of benzene rings is 1. The zero-order valence-corrected chi connectivity index (χ0v) is 11.8. The molecule has 0 fully saturated rings. The highest BCUT2D eigenvalue weighted by Gasteiger charge is 2.43. The van der Waals surface area contributed by atoms with Crippen molar-refractivity contribution in [2.75, 3.05) is 7.11 Å². The molecule has 102 valence electrons. The molecule has 3 heteroatoms. The summed E-state index contributed by atoms with van der Waals surface area (Å²) in [7, 11) is 1.30. The molecule has 1 aromatic rings. The van der Waals surface area contributed by atoms with Gasteiger partial charge in [0.05, 0.1) is 7.11 Å². The predicted molar refractivity (Wildman–Crippen MR) is 75.4 cm³/mol. The Bertz CT molecular complexity index is 476. The molecule has 0 amide bonds. The van der Waals surface area contributed by atoms with Gasteiger partial charge in [-0.3, -0.25) is 9.59 Å². The van der Waals surface area contributed by atoms with Gasteiger partial charge >= 0.3 is 5.97 Å². The van der Waals surface area contributed by atoms with Crippen molar-refractivity contribution in [2.45, 2.75) is 20.8 Å². The lowest BCUT2D eigenvalue weighted by atomic mass is 9.74. The Balaban J connectivity index is 2.96. The lowest BCUT2D eigenvalue weighted by molar-refractivity contribution is -0.158. The average molecular weight is 260 g/mol. The van der Waals surface area contributed by atoms with E-state index >= 15 is 0 Å². The molecular weight excluding hydrogens is 240 g/mol. The topological polar surface area (TPSA) is 43.4 Å². The minimum absolute atomic E-state index is 0.190. The van der Waals surface area contributed by atoms with Crippen molar-refractivity contribution in [3.63, 3.8) is 0 Å². The van der Waals surface area contributed by atoms with Crippen molar-refractivity contribution in [3.8, 4) is 0 Å². The maximum Gasteiger partial charge on any atom is 0.319 e. The molecule has 0 heterocycles. The quantitative estimate of drug-likeness (QED) is 0.603. The normalized spacial score (nSPS) is 15.8. The summed E-state index contributed by atoms with van der Waals surface area (Å²) in [6.07, 6.45) is 3.78. The Morgan fingerprint density at radius 1 is 1.26 bits per heavy atom. The molecule has 0 saturated heterocycles. The van der Waals surface area contributed by atoms with Gasteiger partial charge in [-0.05, 0) is 25.3 Å². The fraction of sp³-hybridized carbons (Fsp3) is 0.375. The van der Waals surface area contributed by atoms with Crippen LogP contribution in [0.15, 0.2) is 36.4 Å². The number of Topliss-reactive ketones (excluding diaryl/α,β-unsaturated/α-hetero) is 1. The van der Waals surface area contributed by atoms with E-state index in [1.807, 2.05) is 49.4 Å². The number of ether oxygens (including phenoxy) is 1. The molecule has 0 aliphatic carbocycles. The molecule has 0 radical (unpaired) electrons. The Morgan fingerprint density at radius 2 is 1.84 bits per heavy atom. The van der Waals surface area contributed by atoms with Crippen molar-refractivity contribution in [3.05, 3.63) is 42.0 Å². The van der Waals surface area contributed by atoms with E-state index in [-0.39, 0.29) is 11.7 Å². The van der Waals surface area contributed by atoms with E-state index in [0.29, 0.717) is 0 Å². The number of methoxy groups -OCH3 is 1. The van der Waals surface area contributed by atoms with Gasteiger partial charge in [0.15, 0.2) is 0 Å². The summed E-state index contributed by atoms with van der Waals surface area (Å²) in [5, 5.41) is 0. The van der Waals surface area contributed by atoms with Crippen molar-refractivity contribution < 1.29 is 14.3 Å². The lowest BCUT2D eigenvalue weighted by Crippen LogP contribution is -2.41. The number of carbonyl (C=O) groups is 2. The van der Waals surface area contributed by atoms with E-state index in [1.54, 1.807) is 6.92 Å². The minimum Gasteiger partial charge on any atom is -0.468 e. The monoisotopic (exact) mass is 260 g/mol. The molecule has 1 aromatic carbocycles. The second-order valence-electron chi connectivity index (χ2n) is 4.81. The second kappa shape index (κ2) is 6.32. The third-order valence-corrected chi connectivity index (χ3v) is 3.63. The van der Waals surface area contributed by atoms with Gasteiger partial charge in [0.2, 0.25) is 0 Å². The molecule has 19 heavy (non-hydrogen) atoms. The van der Waals surface area contributed by atoms with Crippen molar-refractivity contribution in [1.29, 1.82) is 0 Å². The predicted octanol–water partition coefficient (Wildman–Crippen LogP) is 3.10. The van der Waals surface area contributed by atoms with Crippen molar-refractivity contribution >= 4 is 17.8 Å².